The van der Waals surface area contributed by atoms with Gasteiger partial charge in [0.25, 0.3) is 11.5 Å². The summed E-state index contributed by atoms with van der Waals surface area (Å²) in [4.78, 5) is 29.5. The molecule has 0 aliphatic heterocycles. The van der Waals surface area contributed by atoms with E-state index in [0.29, 0.717) is 17.5 Å². The number of methoxy groups -OCH3 is 2. The van der Waals surface area contributed by atoms with Crippen LogP contribution in [0.1, 0.15) is 27.0 Å². The van der Waals surface area contributed by atoms with Crippen LogP contribution in [-0.4, -0.2) is 54.5 Å². The van der Waals surface area contributed by atoms with E-state index in [1.165, 1.54) is 44.2 Å². The van der Waals surface area contributed by atoms with Gasteiger partial charge in [-0.05, 0) is 29.3 Å². The van der Waals surface area contributed by atoms with Crippen LogP contribution in [0.4, 0.5) is 4.39 Å². The van der Waals surface area contributed by atoms with Crippen LogP contribution in [0, 0.1) is 17.7 Å². The summed E-state index contributed by atoms with van der Waals surface area (Å²) in [6, 6.07) is 6.04. The predicted molar refractivity (Wildman–Crippen MR) is 121 cm³/mol. The number of pyridine rings is 2. The third kappa shape index (κ3) is 5.37. The number of hydrogen-bond acceptors (Lipinski definition) is 6. The highest BCUT2D eigenvalue weighted by Crippen LogP contribution is 2.26. The van der Waals surface area contributed by atoms with Crippen molar-refractivity contribution in [1.29, 1.82) is 0 Å². The van der Waals surface area contributed by atoms with Gasteiger partial charge in [-0.1, -0.05) is 17.9 Å². The molecule has 0 saturated carbocycles. The lowest BCUT2D eigenvalue weighted by Crippen LogP contribution is -2.34. The van der Waals surface area contributed by atoms with Gasteiger partial charge in [-0.15, -0.1) is 0 Å². The number of fused-ring (bicyclic) bond motifs is 1. The van der Waals surface area contributed by atoms with Crippen molar-refractivity contribution in [3.05, 3.63) is 68.9 Å². The maximum atomic E-state index is 13.7. The van der Waals surface area contributed by atoms with Crippen molar-refractivity contribution in [2.75, 3.05) is 34.0 Å². The highest BCUT2D eigenvalue weighted by Gasteiger charge is 2.22. The Morgan fingerprint density at radius 3 is 2.79 bits per heavy atom. The Hall–Kier alpha value is -3.74. The van der Waals surface area contributed by atoms with Crippen molar-refractivity contribution in [3.63, 3.8) is 0 Å². The summed E-state index contributed by atoms with van der Waals surface area (Å²) in [6.07, 6.45) is 1.91. The normalized spacial score (nSPS) is 10.7. The Morgan fingerprint density at radius 2 is 2.06 bits per heavy atom. The molecule has 0 atom stereocenters. The first-order chi connectivity index (χ1) is 15.9. The molecule has 1 amide bonds. The minimum Gasteiger partial charge on any atom is -0.505 e. The first-order valence-corrected chi connectivity index (χ1v) is 10.1. The number of benzene rings is 1. The molecule has 172 valence electrons. The number of amides is 1. The summed E-state index contributed by atoms with van der Waals surface area (Å²) in [5, 5.41) is 13.1. The van der Waals surface area contributed by atoms with Crippen LogP contribution in [0.15, 0.2) is 35.3 Å². The molecule has 0 spiro atoms. The fourth-order valence-corrected chi connectivity index (χ4v) is 3.33. The zero-order valence-corrected chi connectivity index (χ0v) is 18.6. The molecule has 0 unspecified atom stereocenters. The minimum atomic E-state index is -0.705. The molecule has 1 aromatic carbocycles. The summed E-state index contributed by atoms with van der Waals surface area (Å²) in [5.74, 6) is 4.12. The van der Waals surface area contributed by atoms with Gasteiger partial charge in [0.15, 0.2) is 5.75 Å². The SMILES string of the molecule is COCC#Cc1cc(F)ccc1Cc1cnc2c(O)c(C(=O)NCCOC)c(=O)n(C)c2c1. The fourth-order valence-electron chi connectivity index (χ4n) is 3.33. The predicted octanol–water partition coefficient (Wildman–Crippen LogP) is 1.74. The number of aryl methyl sites for hydroxylation is 1. The Bertz CT molecular complexity index is 1310. The van der Waals surface area contributed by atoms with Gasteiger partial charge in [0.1, 0.15) is 23.5 Å². The highest BCUT2D eigenvalue weighted by atomic mass is 19.1. The second-order valence-corrected chi connectivity index (χ2v) is 7.26. The average Bonchev–Trinajstić information content (AvgIpc) is 2.79. The smallest absolute Gasteiger partial charge is 0.267 e. The molecule has 0 radical (unpaired) electrons. The van der Waals surface area contributed by atoms with Crippen molar-refractivity contribution < 1.29 is 23.8 Å². The number of aromatic hydroxyl groups is 1. The third-order valence-electron chi connectivity index (χ3n) is 4.99. The zero-order valence-electron chi connectivity index (χ0n) is 18.6. The van der Waals surface area contributed by atoms with Crippen molar-refractivity contribution >= 4 is 16.9 Å². The van der Waals surface area contributed by atoms with Crippen LogP contribution < -0.4 is 10.9 Å². The fraction of sp³-hybridized carbons (Fsp3) is 0.292. The zero-order chi connectivity index (χ0) is 24.0. The third-order valence-corrected chi connectivity index (χ3v) is 4.99. The second kappa shape index (κ2) is 10.7. The molecule has 2 aromatic heterocycles. The van der Waals surface area contributed by atoms with E-state index >= 15 is 0 Å². The molecular weight excluding hydrogens is 429 g/mol. The summed E-state index contributed by atoms with van der Waals surface area (Å²) < 4.78 is 24.8. The van der Waals surface area contributed by atoms with E-state index in [-0.39, 0.29) is 30.8 Å². The van der Waals surface area contributed by atoms with Gasteiger partial charge in [0, 0.05) is 46.0 Å². The van der Waals surface area contributed by atoms with Crippen LogP contribution in [0.5, 0.6) is 5.75 Å². The molecule has 2 heterocycles. The topological polar surface area (TPSA) is 103 Å². The Kier molecular flexibility index (Phi) is 7.77. The van der Waals surface area contributed by atoms with Gasteiger partial charge in [0.2, 0.25) is 0 Å². The lowest BCUT2D eigenvalue weighted by molar-refractivity contribution is 0.0932. The van der Waals surface area contributed by atoms with Crippen LogP contribution >= 0.6 is 0 Å². The lowest BCUT2D eigenvalue weighted by Gasteiger charge is -2.13. The van der Waals surface area contributed by atoms with Crippen molar-refractivity contribution in [3.8, 4) is 17.6 Å². The molecule has 0 saturated heterocycles. The van der Waals surface area contributed by atoms with Gasteiger partial charge < -0.3 is 24.5 Å². The van der Waals surface area contributed by atoms with Gasteiger partial charge in [-0.25, -0.2) is 4.39 Å². The van der Waals surface area contributed by atoms with Gasteiger partial charge in [0.05, 0.1) is 12.1 Å². The molecule has 9 heteroatoms. The number of halogens is 1. The first kappa shape index (κ1) is 23.9. The summed E-state index contributed by atoms with van der Waals surface area (Å²) in [5.41, 5.74) is 1.46. The number of ether oxygens (including phenoxy) is 2. The molecule has 3 aromatic rings. The summed E-state index contributed by atoms with van der Waals surface area (Å²) >= 11 is 0. The second-order valence-electron chi connectivity index (χ2n) is 7.26. The number of aromatic nitrogens is 2. The monoisotopic (exact) mass is 453 g/mol. The number of carbonyl (C=O) groups is 1. The average molecular weight is 453 g/mol. The summed E-state index contributed by atoms with van der Waals surface area (Å²) in [7, 11) is 4.51. The number of nitrogens with zero attached hydrogens (tertiary/aromatic N) is 2. The Morgan fingerprint density at radius 1 is 1.27 bits per heavy atom. The van der Waals surface area contributed by atoms with Crippen molar-refractivity contribution in [2.45, 2.75) is 6.42 Å². The number of rotatable bonds is 7. The lowest BCUT2D eigenvalue weighted by atomic mass is 10.00. The van der Waals surface area contributed by atoms with E-state index in [4.69, 9.17) is 9.47 Å². The van der Waals surface area contributed by atoms with Gasteiger partial charge in [-0.3, -0.25) is 14.6 Å². The summed E-state index contributed by atoms with van der Waals surface area (Å²) in [6.45, 7) is 0.676. The standard InChI is InChI=1S/C24H24FN3O5/c1-28-19-12-15(11-17-6-7-18(25)13-16(17)5-4-9-32-2)14-27-21(19)22(29)20(24(28)31)23(30)26-8-10-33-3/h6-7,12-14,29H,8-11H2,1-3H3,(H,26,30). The molecule has 0 aliphatic rings. The maximum absolute atomic E-state index is 13.7. The van der Waals surface area contributed by atoms with E-state index in [1.54, 1.807) is 12.1 Å². The molecule has 33 heavy (non-hydrogen) atoms. The number of hydrogen-bond donors (Lipinski definition) is 2. The molecule has 3 rings (SSSR count). The molecule has 0 bridgehead atoms. The quantitative estimate of drug-likeness (QED) is 0.417. The van der Waals surface area contributed by atoms with E-state index in [2.05, 4.69) is 22.1 Å². The number of carbonyl (C=O) groups excluding carboxylic acids is 1. The van der Waals surface area contributed by atoms with Crippen molar-refractivity contribution in [2.24, 2.45) is 7.05 Å². The van der Waals surface area contributed by atoms with Crippen LogP contribution in [0.25, 0.3) is 11.0 Å². The van der Waals surface area contributed by atoms with Crippen molar-refractivity contribution in [1.82, 2.24) is 14.9 Å². The molecule has 0 fully saturated rings. The first-order valence-electron chi connectivity index (χ1n) is 10.1. The molecule has 0 aliphatic carbocycles. The minimum absolute atomic E-state index is 0.122. The van der Waals surface area contributed by atoms with E-state index in [1.807, 2.05) is 0 Å². The van der Waals surface area contributed by atoms with E-state index in [0.717, 1.165) is 11.1 Å². The number of nitrogens with one attached hydrogen (secondary N) is 1. The molecule has 8 nitrogen and oxygen atoms in total. The van der Waals surface area contributed by atoms with Gasteiger partial charge in [-0.2, -0.15) is 0 Å². The Balaban J connectivity index is 2.00. The highest BCUT2D eigenvalue weighted by molar-refractivity contribution is 6.01. The maximum Gasteiger partial charge on any atom is 0.267 e. The van der Waals surface area contributed by atoms with Crippen LogP contribution in [0.3, 0.4) is 0 Å². The van der Waals surface area contributed by atoms with E-state index in [9.17, 15) is 19.1 Å². The van der Waals surface area contributed by atoms with Crippen LogP contribution in [-0.2, 0) is 22.9 Å². The largest absolute Gasteiger partial charge is 0.505 e. The van der Waals surface area contributed by atoms with Gasteiger partial charge >= 0.3 is 0 Å². The van der Waals surface area contributed by atoms with E-state index < -0.39 is 23.0 Å². The van der Waals surface area contributed by atoms with Crippen LogP contribution in [0.2, 0.25) is 0 Å². The Labute approximate surface area is 190 Å². The molecule has 2 N–H and O–H groups in total. The molecular formula is C24H24FN3O5.